The summed E-state index contributed by atoms with van der Waals surface area (Å²) in [7, 11) is 0. The Balaban J connectivity index is 4.24. The fraction of sp³-hybridized carbons (Fsp3) is 0.368. The van der Waals surface area contributed by atoms with Crippen molar-refractivity contribution in [3.8, 4) is 23.7 Å². The number of allylic oxidation sites excluding steroid dienone is 5. The summed E-state index contributed by atoms with van der Waals surface area (Å²) in [5.74, 6) is 10.2. The third-order valence-corrected chi connectivity index (χ3v) is 2.36. The van der Waals surface area contributed by atoms with Crippen LogP contribution in [0.5, 0.6) is 0 Å². The molecule has 0 rings (SSSR count). The molecule has 4 heteroatoms. The second-order valence-electron chi connectivity index (χ2n) is 4.42. The fourth-order valence-electron chi connectivity index (χ4n) is 1.45. The van der Waals surface area contributed by atoms with Gasteiger partial charge in [-0.1, -0.05) is 36.1 Å². The summed E-state index contributed by atoms with van der Waals surface area (Å²) >= 11 is 0. The van der Waals surface area contributed by atoms with Gasteiger partial charge in [-0.05, 0) is 30.9 Å². The van der Waals surface area contributed by atoms with Crippen LogP contribution in [0, 0.1) is 23.7 Å². The Hall–Kier alpha value is -2.72. The summed E-state index contributed by atoms with van der Waals surface area (Å²) in [4.78, 5) is 21.7. The highest BCUT2D eigenvalue weighted by molar-refractivity contribution is 5.66. The molecule has 0 radical (unpaired) electrons. The summed E-state index contributed by atoms with van der Waals surface area (Å²) in [6, 6.07) is 0. The molecular formula is C19H22O4. The van der Waals surface area contributed by atoms with E-state index in [1.165, 1.54) is 13.8 Å². The van der Waals surface area contributed by atoms with E-state index in [2.05, 4.69) is 23.7 Å². The normalized spacial score (nSPS) is 11.6. The van der Waals surface area contributed by atoms with E-state index in [-0.39, 0.29) is 24.6 Å². The van der Waals surface area contributed by atoms with Gasteiger partial charge in [-0.15, -0.1) is 0 Å². The topological polar surface area (TPSA) is 52.6 Å². The average molecular weight is 314 g/mol. The van der Waals surface area contributed by atoms with Crippen molar-refractivity contribution in [1.82, 2.24) is 0 Å². The monoisotopic (exact) mass is 314 g/mol. The highest BCUT2D eigenvalue weighted by atomic mass is 16.6. The van der Waals surface area contributed by atoms with E-state index >= 15 is 0 Å². The Labute approximate surface area is 138 Å². The summed E-state index contributed by atoms with van der Waals surface area (Å²) in [6.07, 6.45) is 11.4. The van der Waals surface area contributed by atoms with E-state index in [9.17, 15) is 9.59 Å². The molecule has 0 saturated carbocycles. The van der Waals surface area contributed by atoms with Gasteiger partial charge < -0.3 is 9.47 Å². The highest BCUT2D eigenvalue weighted by Crippen LogP contribution is 2.06. The Morgan fingerprint density at radius 3 is 2.35 bits per heavy atom. The number of carbonyl (C=O) groups is 2. The zero-order chi connectivity index (χ0) is 17.3. The molecule has 0 aliphatic heterocycles. The smallest absolute Gasteiger partial charge is 0.302 e. The van der Waals surface area contributed by atoms with Crippen LogP contribution in [0.4, 0.5) is 0 Å². The van der Waals surface area contributed by atoms with Gasteiger partial charge in [0.25, 0.3) is 0 Å². The van der Waals surface area contributed by atoms with Crippen molar-refractivity contribution in [1.29, 1.82) is 0 Å². The molecule has 0 N–H and O–H groups in total. The number of hydrogen-bond donors (Lipinski definition) is 0. The number of rotatable bonds is 7. The molecule has 0 aromatic rings. The van der Waals surface area contributed by atoms with Crippen molar-refractivity contribution in [3.05, 3.63) is 36.5 Å². The second kappa shape index (κ2) is 14.2. The minimum Gasteiger partial charge on any atom is -0.466 e. The van der Waals surface area contributed by atoms with Crippen LogP contribution in [-0.2, 0) is 19.1 Å². The molecule has 1 atom stereocenters. The van der Waals surface area contributed by atoms with Gasteiger partial charge in [0.1, 0.15) is 6.10 Å². The zero-order valence-corrected chi connectivity index (χ0v) is 13.8. The fourth-order valence-corrected chi connectivity index (χ4v) is 1.45. The number of esters is 2. The maximum Gasteiger partial charge on any atom is 0.302 e. The van der Waals surface area contributed by atoms with Crippen molar-refractivity contribution in [3.63, 3.8) is 0 Å². The van der Waals surface area contributed by atoms with Gasteiger partial charge in [0.15, 0.2) is 0 Å². The van der Waals surface area contributed by atoms with E-state index in [1.54, 1.807) is 18.2 Å². The van der Waals surface area contributed by atoms with Gasteiger partial charge in [-0.3, -0.25) is 9.59 Å². The lowest BCUT2D eigenvalue weighted by Crippen LogP contribution is -2.18. The summed E-state index contributed by atoms with van der Waals surface area (Å²) in [6.45, 7) is 4.82. The standard InChI is InChI=1S/C19H22O4/c1-4-5-6-7-8-9-10-11-12-13-14-19(23-18(3)21)15-16-22-17(2)20/h4-5,10-13,19H,14-16H2,1-3H3/b5-4+,11-10+,13-12+/t19-/m1/s1. The molecule has 0 unspecified atom stereocenters. The first-order valence-corrected chi connectivity index (χ1v) is 7.30. The molecule has 0 fully saturated rings. The van der Waals surface area contributed by atoms with E-state index in [4.69, 9.17) is 9.47 Å². The van der Waals surface area contributed by atoms with Gasteiger partial charge in [-0.2, -0.15) is 0 Å². The highest BCUT2D eigenvalue weighted by Gasteiger charge is 2.10. The predicted octanol–water partition coefficient (Wildman–Crippen LogP) is 2.96. The number of ether oxygens (including phenoxy) is 2. The molecule has 4 nitrogen and oxygen atoms in total. The van der Waals surface area contributed by atoms with Gasteiger partial charge in [0.2, 0.25) is 0 Å². The third kappa shape index (κ3) is 15.5. The molecule has 0 bridgehead atoms. The van der Waals surface area contributed by atoms with Crippen molar-refractivity contribution >= 4 is 11.9 Å². The van der Waals surface area contributed by atoms with E-state index in [1.807, 2.05) is 25.2 Å². The predicted molar refractivity (Wildman–Crippen MR) is 90.1 cm³/mol. The van der Waals surface area contributed by atoms with Crippen molar-refractivity contribution in [2.45, 2.75) is 39.7 Å². The Morgan fingerprint density at radius 2 is 1.74 bits per heavy atom. The summed E-state index contributed by atoms with van der Waals surface area (Å²) in [5.41, 5.74) is 0. The lowest BCUT2D eigenvalue weighted by Gasteiger charge is -2.14. The molecule has 0 aliphatic rings. The van der Waals surface area contributed by atoms with Crippen LogP contribution in [0.2, 0.25) is 0 Å². The van der Waals surface area contributed by atoms with E-state index < -0.39 is 0 Å². The van der Waals surface area contributed by atoms with Crippen LogP contribution in [-0.4, -0.2) is 24.6 Å². The van der Waals surface area contributed by atoms with E-state index in [0.717, 1.165) is 0 Å². The van der Waals surface area contributed by atoms with Gasteiger partial charge in [0, 0.05) is 26.7 Å². The molecule has 0 spiro atoms. The van der Waals surface area contributed by atoms with Crippen LogP contribution in [0.3, 0.4) is 0 Å². The van der Waals surface area contributed by atoms with Crippen molar-refractivity contribution in [2.24, 2.45) is 0 Å². The molecule has 0 aromatic heterocycles. The van der Waals surface area contributed by atoms with Crippen LogP contribution in [0.1, 0.15) is 33.6 Å². The molecule has 0 aromatic carbocycles. The first-order chi connectivity index (χ1) is 11.1. The lowest BCUT2D eigenvalue weighted by molar-refractivity contribution is -0.148. The lowest BCUT2D eigenvalue weighted by atomic mass is 10.2. The van der Waals surface area contributed by atoms with E-state index in [0.29, 0.717) is 12.8 Å². The van der Waals surface area contributed by atoms with Gasteiger partial charge in [-0.25, -0.2) is 0 Å². The average Bonchev–Trinajstić information content (AvgIpc) is 2.48. The molecule has 0 saturated heterocycles. The molecule has 23 heavy (non-hydrogen) atoms. The van der Waals surface area contributed by atoms with Crippen LogP contribution in [0.25, 0.3) is 0 Å². The first kappa shape index (κ1) is 20.3. The van der Waals surface area contributed by atoms with Crippen LogP contribution >= 0.6 is 0 Å². The molecule has 0 aliphatic carbocycles. The Kier molecular flexibility index (Phi) is 12.5. The summed E-state index contributed by atoms with van der Waals surface area (Å²) < 4.78 is 10.0. The molecular weight excluding hydrogens is 292 g/mol. The zero-order valence-electron chi connectivity index (χ0n) is 13.8. The minimum absolute atomic E-state index is 0.229. The van der Waals surface area contributed by atoms with Crippen molar-refractivity contribution < 1.29 is 19.1 Å². The second-order valence-corrected chi connectivity index (χ2v) is 4.42. The molecule has 122 valence electrons. The number of hydrogen-bond acceptors (Lipinski definition) is 4. The number of carbonyl (C=O) groups excluding carboxylic acids is 2. The van der Waals surface area contributed by atoms with Crippen molar-refractivity contribution in [2.75, 3.05) is 6.61 Å². The van der Waals surface area contributed by atoms with Crippen LogP contribution < -0.4 is 0 Å². The maximum absolute atomic E-state index is 11.0. The van der Waals surface area contributed by atoms with Crippen LogP contribution in [0.15, 0.2) is 36.5 Å². The molecule has 0 heterocycles. The quantitative estimate of drug-likeness (QED) is 0.412. The maximum atomic E-state index is 11.0. The van der Waals surface area contributed by atoms with Gasteiger partial charge >= 0.3 is 11.9 Å². The SMILES string of the molecule is C/C=C/C#CC#C/C=C/C=C/C[C@H](CCOC(C)=O)OC(C)=O. The minimum atomic E-state index is -0.354. The molecule has 0 amide bonds. The Bertz CT molecular complexity index is 574. The summed E-state index contributed by atoms with van der Waals surface area (Å²) in [5, 5.41) is 0. The third-order valence-electron chi connectivity index (χ3n) is 2.36. The van der Waals surface area contributed by atoms with Gasteiger partial charge in [0.05, 0.1) is 6.61 Å². The first-order valence-electron chi connectivity index (χ1n) is 7.30. The largest absolute Gasteiger partial charge is 0.466 e. The Morgan fingerprint density at radius 1 is 1.04 bits per heavy atom.